The molecule has 0 spiro atoms. The van der Waals surface area contributed by atoms with Gasteiger partial charge in [0.1, 0.15) is 5.82 Å². The average molecular weight is 436 g/mol. The lowest BCUT2D eigenvalue weighted by molar-refractivity contribution is -0.0679. The Morgan fingerprint density at radius 3 is 2.45 bits per heavy atom. The second-order valence-corrected chi connectivity index (χ2v) is 8.47. The largest absolute Gasteiger partial charge is 0.379 e. The smallest absolute Gasteiger partial charge is 0.191 e. The summed E-state index contributed by atoms with van der Waals surface area (Å²) in [7, 11) is 1.79. The molecule has 1 aromatic carbocycles. The highest BCUT2D eigenvalue weighted by molar-refractivity contribution is 5.79. The molecule has 2 aliphatic heterocycles. The van der Waals surface area contributed by atoms with E-state index in [-0.39, 0.29) is 11.9 Å². The number of hydrogen-bond acceptors (Lipinski definition) is 5. The van der Waals surface area contributed by atoms with Crippen molar-refractivity contribution in [1.29, 1.82) is 0 Å². The van der Waals surface area contributed by atoms with Gasteiger partial charge in [0.2, 0.25) is 0 Å². The molecular weight excluding hydrogens is 397 g/mol. The van der Waals surface area contributed by atoms with E-state index in [1.165, 1.54) is 12.1 Å². The van der Waals surface area contributed by atoms with Gasteiger partial charge < -0.3 is 20.1 Å². The maximum Gasteiger partial charge on any atom is 0.191 e. The fourth-order valence-corrected chi connectivity index (χ4v) is 4.42. The van der Waals surface area contributed by atoms with E-state index in [2.05, 4.69) is 39.3 Å². The molecule has 8 heteroatoms. The zero-order valence-electron chi connectivity index (χ0n) is 19.1. The highest BCUT2D eigenvalue weighted by atomic mass is 19.1. The van der Waals surface area contributed by atoms with Crippen LogP contribution in [0, 0.1) is 5.82 Å². The van der Waals surface area contributed by atoms with Crippen LogP contribution in [0.15, 0.2) is 29.3 Å². The molecule has 0 bridgehead atoms. The molecule has 2 saturated heterocycles. The number of hydrogen-bond donors (Lipinski definition) is 2. The molecule has 3 rings (SSSR count). The molecule has 2 heterocycles. The number of rotatable bonds is 8. The minimum atomic E-state index is -0.209. The second kappa shape index (κ2) is 12.3. The average Bonchev–Trinajstić information content (AvgIpc) is 2.76. The van der Waals surface area contributed by atoms with Crippen molar-refractivity contribution < 1.29 is 13.9 Å². The summed E-state index contributed by atoms with van der Waals surface area (Å²) in [5.41, 5.74) is 1.10. The lowest BCUT2D eigenvalue weighted by Gasteiger charge is -2.35. The van der Waals surface area contributed by atoms with Crippen LogP contribution in [0.1, 0.15) is 31.9 Å². The van der Waals surface area contributed by atoms with E-state index in [4.69, 9.17) is 9.47 Å². The number of aliphatic imine (C=N–C) groups is 1. The first-order valence-corrected chi connectivity index (χ1v) is 11.4. The van der Waals surface area contributed by atoms with Gasteiger partial charge in [-0.1, -0.05) is 12.1 Å². The molecule has 0 amide bonds. The molecule has 3 atom stereocenters. The Balaban J connectivity index is 1.46. The summed E-state index contributed by atoms with van der Waals surface area (Å²) in [6, 6.07) is 6.95. The molecule has 174 valence electrons. The Labute approximate surface area is 186 Å². The van der Waals surface area contributed by atoms with Crippen molar-refractivity contribution in [3.05, 3.63) is 35.6 Å². The van der Waals surface area contributed by atoms with Gasteiger partial charge in [-0.3, -0.25) is 14.8 Å². The van der Waals surface area contributed by atoms with Gasteiger partial charge in [0.15, 0.2) is 5.96 Å². The number of nitrogens with zero attached hydrogens (tertiary/aromatic N) is 3. The lowest BCUT2D eigenvalue weighted by atomic mass is 10.0. The quantitative estimate of drug-likeness (QED) is 0.369. The SMILES string of the molecule is CN=C(NCCCN1CC(C)OC(C)C1)NCC(c1ccc(F)cc1)N1CCOCC1. The van der Waals surface area contributed by atoms with Crippen molar-refractivity contribution in [1.82, 2.24) is 20.4 Å². The Bertz CT molecular complexity index is 671. The first kappa shape index (κ1) is 23.9. The molecular formula is C23H38FN5O2. The fourth-order valence-electron chi connectivity index (χ4n) is 4.42. The van der Waals surface area contributed by atoms with Crippen LogP contribution in [-0.2, 0) is 9.47 Å². The van der Waals surface area contributed by atoms with Crippen molar-refractivity contribution >= 4 is 5.96 Å². The molecule has 0 radical (unpaired) electrons. The molecule has 2 N–H and O–H groups in total. The maximum atomic E-state index is 13.4. The van der Waals surface area contributed by atoms with Gasteiger partial charge in [-0.25, -0.2) is 4.39 Å². The predicted molar refractivity (Wildman–Crippen MR) is 122 cm³/mol. The Kier molecular flexibility index (Phi) is 9.52. The maximum absolute atomic E-state index is 13.4. The van der Waals surface area contributed by atoms with Gasteiger partial charge in [0.25, 0.3) is 0 Å². The van der Waals surface area contributed by atoms with Gasteiger partial charge in [-0.15, -0.1) is 0 Å². The summed E-state index contributed by atoms with van der Waals surface area (Å²) in [5.74, 6) is 0.586. The van der Waals surface area contributed by atoms with Crippen molar-refractivity contribution in [2.45, 2.75) is 38.5 Å². The predicted octanol–water partition coefficient (Wildman–Crippen LogP) is 1.86. The van der Waals surface area contributed by atoms with E-state index in [0.717, 1.165) is 70.4 Å². The summed E-state index contributed by atoms with van der Waals surface area (Å²) in [6.45, 7) is 12.1. The van der Waals surface area contributed by atoms with Crippen molar-refractivity contribution in [3.8, 4) is 0 Å². The highest BCUT2D eigenvalue weighted by Gasteiger charge is 2.23. The van der Waals surface area contributed by atoms with Crippen LogP contribution >= 0.6 is 0 Å². The Hall–Kier alpha value is -1.74. The van der Waals surface area contributed by atoms with Crippen molar-refractivity contribution in [2.24, 2.45) is 4.99 Å². The minimum Gasteiger partial charge on any atom is -0.379 e. The molecule has 31 heavy (non-hydrogen) atoms. The highest BCUT2D eigenvalue weighted by Crippen LogP contribution is 2.21. The number of benzene rings is 1. The molecule has 0 aliphatic carbocycles. The van der Waals surface area contributed by atoms with Crippen LogP contribution in [0.2, 0.25) is 0 Å². The van der Waals surface area contributed by atoms with E-state index < -0.39 is 0 Å². The first-order valence-electron chi connectivity index (χ1n) is 11.4. The number of morpholine rings is 2. The first-order chi connectivity index (χ1) is 15.0. The van der Waals surface area contributed by atoms with Crippen LogP contribution in [0.5, 0.6) is 0 Å². The third-order valence-corrected chi connectivity index (χ3v) is 5.87. The molecule has 2 aliphatic rings. The van der Waals surface area contributed by atoms with E-state index in [1.54, 1.807) is 7.05 Å². The third kappa shape index (κ3) is 7.71. The van der Waals surface area contributed by atoms with Gasteiger partial charge >= 0.3 is 0 Å². The molecule has 7 nitrogen and oxygen atoms in total. The summed E-state index contributed by atoms with van der Waals surface area (Å²) in [4.78, 5) is 9.24. The van der Waals surface area contributed by atoms with Crippen LogP contribution in [0.25, 0.3) is 0 Å². The van der Waals surface area contributed by atoms with Crippen LogP contribution in [0.3, 0.4) is 0 Å². The lowest BCUT2D eigenvalue weighted by Crippen LogP contribution is -2.47. The summed E-state index contributed by atoms with van der Waals surface area (Å²) in [6.07, 6.45) is 1.65. The topological polar surface area (TPSA) is 61.4 Å². The third-order valence-electron chi connectivity index (χ3n) is 5.87. The number of ether oxygens (including phenoxy) is 2. The van der Waals surface area contributed by atoms with Crippen LogP contribution in [0.4, 0.5) is 4.39 Å². The Morgan fingerprint density at radius 2 is 1.81 bits per heavy atom. The molecule has 0 saturated carbocycles. The summed E-state index contributed by atoms with van der Waals surface area (Å²) < 4.78 is 24.7. The number of nitrogens with one attached hydrogen (secondary N) is 2. The van der Waals surface area contributed by atoms with E-state index in [1.807, 2.05) is 12.1 Å². The van der Waals surface area contributed by atoms with Crippen LogP contribution in [-0.4, -0.2) is 94.0 Å². The number of halogens is 1. The van der Waals surface area contributed by atoms with Gasteiger partial charge in [-0.05, 0) is 38.0 Å². The van der Waals surface area contributed by atoms with Gasteiger partial charge in [-0.2, -0.15) is 0 Å². The van der Waals surface area contributed by atoms with Crippen LogP contribution < -0.4 is 10.6 Å². The van der Waals surface area contributed by atoms with Crippen molar-refractivity contribution in [3.63, 3.8) is 0 Å². The van der Waals surface area contributed by atoms with E-state index >= 15 is 0 Å². The monoisotopic (exact) mass is 435 g/mol. The van der Waals surface area contributed by atoms with Gasteiger partial charge in [0, 0.05) is 52.9 Å². The van der Waals surface area contributed by atoms with Gasteiger partial charge in [0.05, 0.1) is 31.5 Å². The molecule has 0 aromatic heterocycles. The Morgan fingerprint density at radius 1 is 1.13 bits per heavy atom. The minimum absolute atomic E-state index is 0.138. The zero-order chi connectivity index (χ0) is 22.1. The van der Waals surface area contributed by atoms with E-state index in [9.17, 15) is 4.39 Å². The second-order valence-electron chi connectivity index (χ2n) is 8.47. The zero-order valence-corrected chi connectivity index (χ0v) is 19.1. The standard InChI is InChI=1S/C23H38FN5O2/c1-18-16-28(17-19(2)31-18)10-4-9-26-23(25-3)27-15-22(29-11-13-30-14-12-29)20-5-7-21(24)8-6-20/h5-8,18-19,22H,4,9-17H2,1-3H3,(H2,25,26,27). The molecule has 3 unspecified atom stereocenters. The number of guanidine groups is 1. The molecule has 1 aromatic rings. The molecule has 2 fully saturated rings. The normalized spacial score (nSPS) is 24.7. The summed E-state index contributed by atoms with van der Waals surface area (Å²) >= 11 is 0. The van der Waals surface area contributed by atoms with Crippen molar-refractivity contribution in [2.75, 3.05) is 66.1 Å². The fraction of sp³-hybridized carbons (Fsp3) is 0.696. The summed E-state index contributed by atoms with van der Waals surface area (Å²) in [5, 5.41) is 6.89. The van der Waals surface area contributed by atoms with E-state index in [0.29, 0.717) is 18.8 Å².